The number of nitrogens with zero attached hydrogens (tertiary/aromatic N) is 3. The molecule has 2 aliphatic rings. The molecular formula is C29H21F2N3O4S2. The lowest BCUT2D eigenvalue weighted by Crippen LogP contribution is -2.29. The fourth-order valence-electron chi connectivity index (χ4n) is 4.86. The summed E-state index contributed by atoms with van der Waals surface area (Å²) in [4.78, 5) is 27.8. The topological polar surface area (TPSA) is 92.6 Å². The van der Waals surface area contributed by atoms with E-state index < -0.39 is 29.3 Å². The zero-order valence-corrected chi connectivity index (χ0v) is 22.6. The Hall–Kier alpha value is -4.09. The molecule has 3 aromatic carbocycles. The van der Waals surface area contributed by atoms with E-state index in [4.69, 9.17) is 4.74 Å². The van der Waals surface area contributed by atoms with Crippen LogP contribution < -0.4 is 9.64 Å². The van der Waals surface area contributed by atoms with Gasteiger partial charge in [0.25, 0.3) is 5.78 Å². The summed E-state index contributed by atoms with van der Waals surface area (Å²) in [5, 5.41) is 19.7. The van der Waals surface area contributed by atoms with Gasteiger partial charge in [0.15, 0.2) is 4.34 Å². The van der Waals surface area contributed by atoms with Gasteiger partial charge in [-0.2, -0.15) is 0 Å². The number of benzene rings is 3. The highest BCUT2D eigenvalue weighted by Crippen LogP contribution is 2.45. The summed E-state index contributed by atoms with van der Waals surface area (Å²) < 4.78 is 35.4. The number of carbonyl (C=O) groups excluding carboxylic acids is 2. The first-order chi connectivity index (χ1) is 19.3. The number of anilines is 1. The van der Waals surface area contributed by atoms with Crippen LogP contribution in [0.25, 0.3) is 5.76 Å². The molecule has 7 nitrogen and oxygen atoms in total. The minimum absolute atomic E-state index is 0.0251. The quantitative estimate of drug-likeness (QED) is 0.0980. The predicted molar refractivity (Wildman–Crippen MR) is 147 cm³/mol. The summed E-state index contributed by atoms with van der Waals surface area (Å²) in [6.07, 6.45) is 0.596. The number of aromatic nitrogens is 2. The van der Waals surface area contributed by atoms with Crippen LogP contribution in [0.3, 0.4) is 0 Å². The van der Waals surface area contributed by atoms with Crippen LogP contribution in [-0.4, -0.2) is 33.1 Å². The SMILES string of the molecule is C[C@H]1Cc2cc(/C(O)=C3\C(=O)C(=O)N(c4nnc(SCc5ccccc5F)s4)[C@@H]3c3ccccc3F)ccc2O1. The number of Topliss-reactive ketones (excluding diaryl/α,β-unsaturated/α-hetero) is 1. The first kappa shape index (κ1) is 26.1. The molecule has 2 aliphatic heterocycles. The molecule has 2 atom stereocenters. The minimum Gasteiger partial charge on any atom is -0.507 e. The lowest BCUT2D eigenvalue weighted by molar-refractivity contribution is -0.132. The van der Waals surface area contributed by atoms with E-state index in [-0.39, 0.29) is 33.9 Å². The van der Waals surface area contributed by atoms with Gasteiger partial charge >= 0.3 is 5.91 Å². The van der Waals surface area contributed by atoms with E-state index in [9.17, 15) is 19.1 Å². The highest BCUT2D eigenvalue weighted by molar-refractivity contribution is 8.00. The molecule has 0 unspecified atom stereocenters. The molecule has 1 N–H and O–H groups in total. The van der Waals surface area contributed by atoms with Crippen molar-refractivity contribution >= 4 is 45.7 Å². The van der Waals surface area contributed by atoms with Gasteiger partial charge in [-0.05, 0) is 48.4 Å². The summed E-state index contributed by atoms with van der Waals surface area (Å²) in [7, 11) is 0. The Morgan fingerprint density at radius 3 is 2.60 bits per heavy atom. The Bertz CT molecular complexity index is 1690. The van der Waals surface area contributed by atoms with Gasteiger partial charge in [0.1, 0.15) is 35.3 Å². The van der Waals surface area contributed by atoms with Crippen molar-refractivity contribution in [3.63, 3.8) is 0 Å². The summed E-state index contributed by atoms with van der Waals surface area (Å²) >= 11 is 2.24. The second-order valence-electron chi connectivity index (χ2n) is 9.38. The Morgan fingerprint density at radius 1 is 1.07 bits per heavy atom. The number of rotatable bonds is 6. The number of amides is 1. The van der Waals surface area contributed by atoms with Crippen molar-refractivity contribution in [2.75, 3.05) is 4.90 Å². The Morgan fingerprint density at radius 2 is 1.82 bits per heavy atom. The average molecular weight is 578 g/mol. The van der Waals surface area contributed by atoms with E-state index in [1.165, 1.54) is 36.0 Å². The van der Waals surface area contributed by atoms with Crippen LogP contribution in [0, 0.1) is 11.6 Å². The fraction of sp³-hybridized carbons (Fsp3) is 0.172. The molecule has 1 aromatic heterocycles. The van der Waals surface area contributed by atoms with Crippen LogP contribution in [0.15, 0.2) is 76.6 Å². The van der Waals surface area contributed by atoms with Crippen LogP contribution in [-0.2, 0) is 21.8 Å². The molecule has 0 radical (unpaired) electrons. The molecule has 1 fully saturated rings. The minimum atomic E-state index is -1.28. The van der Waals surface area contributed by atoms with Crippen molar-refractivity contribution in [2.45, 2.75) is 35.6 Å². The van der Waals surface area contributed by atoms with Crippen LogP contribution in [0.1, 0.15) is 35.2 Å². The second kappa shape index (κ2) is 10.5. The maximum atomic E-state index is 15.2. The summed E-state index contributed by atoms with van der Waals surface area (Å²) in [5.41, 5.74) is 1.42. The van der Waals surface area contributed by atoms with Crippen LogP contribution in [0.5, 0.6) is 5.75 Å². The van der Waals surface area contributed by atoms with Crippen molar-refractivity contribution in [3.05, 3.63) is 106 Å². The first-order valence-electron chi connectivity index (χ1n) is 12.4. The van der Waals surface area contributed by atoms with Crippen molar-refractivity contribution in [1.82, 2.24) is 10.2 Å². The molecule has 0 saturated carbocycles. The number of hydrogen-bond acceptors (Lipinski definition) is 8. The molecule has 0 spiro atoms. The zero-order valence-electron chi connectivity index (χ0n) is 21.0. The standard InChI is InChI=1S/C29H21F2N3O4S2/c1-15-12-18-13-16(10-11-22(18)38-15)25(35)23-24(19-7-3-5-9-21(19)31)34(27(37)26(23)36)28-32-33-29(40-28)39-14-17-6-2-4-8-20(17)30/h2-11,13,15,24,35H,12,14H2,1H3/b25-23+/t15-,24+/m0/s1. The first-order valence-corrected chi connectivity index (χ1v) is 14.2. The lowest BCUT2D eigenvalue weighted by atomic mass is 9.94. The highest BCUT2D eigenvalue weighted by atomic mass is 32.2. The van der Waals surface area contributed by atoms with Crippen LogP contribution >= 0.6 is 23.1 Å². The number of ketones is 1. The van der Waals surface area contributed by atoms with Crippen molar-refractivity contribution in [1.29, 1.82) is 0 Å². The van der Waals surface area contributed by atoms with E-state index in [1.54, 1.807) is 42.5 Å². The van der Waals surface area contributed by atoms with Gasteiger partial charge in [-0.3, -0.25) is 14.5 Å². The van der Waals surface area contributed by atoms with E-state index in [2.05, 4.69) is 10.2 Å². The highest BCUT2D eigenvalue weighted by Gasteiger charge is 2.49. The molecular weight excluding hydrogens is 556 g/mol. The third-order valence-corrected chi connectivity index (χ3v) is 8.83. The van der Waals surface area contributed by atoms with Gasteiger partial charge in [-0.25, -0.2) is 8.78 Å². The van der Waals surface area contributed by atoms with Crippen LogP contribution in [0.2, 0.25) is 0 Å². The Kier molecular flexibility index (Phi) is 6.85. The third kappa shape index (κ3) is 4.65. The van der Waals surface area contributed by atoms with E-state index in [1.807, 2.05) is 6.92 Å². The Labute approximate surface area is 236 Å². The normalized spacial score (nSPS) is 19.6. The molecule has 0 aliphatic carbocycles. The van der Waals surface area contributed by atoms with Gasteiger partial charge in [0.2, 0.25) is 5.13 Å². The van der Waals surface area contributed by atoms with Gasteiger partial charge in [-0.15, -0.1) is 10.2 Å². The summed E-state index contributed by atoms with van der Waals surface area (Å²) in [6.45, 7) is 1.92. The maximum absolute atomic E-state index is 15.2. The third-order valence-electron chi connectivity index (χ3n) is 6.72. The molecule has 40 heavy (non-hydrogen) atoms. The molecule has 0 bridgehead atoms. The number of halogens is 2. The molecule has 1 saturated heterocycles. The molecule has 202 valence electrons. The average Bonchev–Trinajstić information content (AvgIpc) is 3.63. The molecule has 4 aromatic rings. The van der Waals surface area contributed by atoms with E-state index in [0.29, 0.717) is 27.6 Å². The molecule has 1 amide bonds. The lowest BCUT2D eigenvalue weighted by Gasteiger charge is -2.22. The van der Waals surface area contributed by atoms with E-state index in [0.717, 1.165) is 21.8 Å². The van der Waals surface area contributed by atoms with Crippen molar-refractivity contribution in [3.8, 4) is 5.75 Å². The number of thioether (sulfide) groups is 1. The van der Waals surface area contributed by atoms with Gasteiger partial charge in [0, 0.05) is 23.3 Å². The van der Waals surface area contributed by atoms with Crippen molar-refractivity contribution < 1.29 is 28.2 Å². The van der Waals surface area contributed by atoms with E-state index >= 15 is 4.39 Å². The largest absolute Gasteiger partial charge is 0.507 e. The second-order valence-corrected chi connectivity index (χ2v) is 11.6. The number of aliphatic hydroxyl groups is 1. The number of hydrogen-bond donors (Lipinski definition) is 1. The zero-order chi connectivity index (χ0) is 28.0. The number of carbonyl (C=O) groups is 2. The molecule has 3 heterocycles. The summed E-state index contributed by atoms with van der Waals surface area (Å²) in [6, 6.07) is 15.8. The Balaban J connectivity index is 1.40. The molecule has 6 rings (SSSR count). The van der Waals surface area contributed by atoms with Gasteiger partial charge < -0.3 is 9.84 Å². The predicted octanol–water partition coefficient (Wildman–Crippen LogP) is 6.06. The summed E-state index contributed by atoms with van der Waals surface area (Å²) in [5.74, 6) is -2.39. The number of fused-ring (bicyclic) bond motifs is 1. The maximum Gasteiger partial charge on any atom is 0.301 e. The number of ether oxygens (including phenoxy) is 1. The monoisotopic (exact) mass is 577 g/mol. The number of aliphatic hydroxyl groups excluding tert-OH is 1. The smallest absolute Gasteiger partial charge is 0.301 e. The van der Waals surface area contributed by atoms with Crippen LogP contribution in [0.4, 0.5) is 13.9 Å². The van der Waals surface area contributed by atoms with Gasteiger partial charge in [-0.1, -0.05) is 59.5 Å². The van der Waals surface area contributed by atoms with Crippen molar-refractivity contribution in [2.24, 2.45) is 0 Å². The fourth-order valence-corrected chi connectivity index (χ4v) is 6.71. The van der Waals surface area contributed by atoms with Gasteiger partial charge in [0.05, 0.1) is 5.57 Å². The molecule has 11 heteroatoms.